The number of nitrogens with zero attached hydrogens (tertiary/aromatic N) is 3. The van der Waals surface area contributed by atoms with Gasteiger partial charge in [-0.2, -0.15) is 0 Å². The molecule has 0 aliphatic carbocycles. The number of rotatable bonds is 5. The number of fused-ring (bicyclic) bond motifs is 1. The summed E-state index contributed by atoms with van der Waals surface area (Å²) in [6.07, 6.45) is 2.44. The standard InChI is InChI=1S/C16H27N5O2/c1-5-21-9-6-13-12(11-21)10-19-14(20-13)17-7-8-18-15(22)23-16(2,3)4/h10H,5-9,11H2,1-4H3,(H,18,22)(H,17,19,20). The Labute approximate surface area is 137 Å². The quantitative estimate of drug-likeness (QED) is 0.805. The van der Waals surface area contributed by atoms with E-state index >= 15 is 0 Å². The first-order valence-corrected chi connectivity index (χ1v) is 8.15. The Bertz CT molecular complexity index is 542. The van der Waals surface area contributed by atoms with Gasteiger partial charge in [0.05, 0.1) is 5.69 Å². The third kappa shape index (κ3) is 5.67. The van der Waals surface area contributed by atoms with Crippen molar-refractivity contribution in [2.75, 3.05) is 31.5 Å². The molecule has 1 amide bonds. The van der Waals surface area contributed by atoms with Crippen molar-refractivity contribution in [2.45, 2.75) is 46.3 Å². The zero-order valence-electron chi connectivity index (χ0n) is 14.5. The number of nitrogens with one attached hydrogen (secondary N) is 2. The Morgan fingerprint density at radius 2 is 2.17 bits per heavy atom. The molecule has 2 heterocycles. The highest BCUT2D eigenvalue weighted by atomic mass is 16.6. The summed E-state index contributed by atoms with van der Waals surface area (Å²) >= 11 is 0. The number of likely N-dealkylation sites (N-methyl/N-ethyl adjacent to an activating group) is 1. The van der Waals surface area contributed by atoms with Crippen LogP contribution in [0.3, 0.4) is 0 Å². The highest BCUT2D eigenvalue weighted by molar-refractivity contribution is 5.67. The zero-order chi connectivity index (χ0) is 16.9. The molecule has 1 aliphatic heterocycles. The van der Waals surface area contributed by atoms with Crippen LogP contribution in [0.25, 0.3) is 0 Å². The van der Waals surface area contributed by atoms with Crippen LogP contribution in [0.15, 0.2) is 6.20 Å². The van der Waals surface area contributed by atoms with Gasteiger partial charge in [0.1, 0.15) is 5.60 Å². The molecule has 0 saturated carbocycles. The maximum atomic E-state index is 11.5. The second kappa shape index (κ2) is 7.59. The third-order valence-corrected chi connectivity index (χ3v) is 3.54. The van der Waals surface area contributed by atoms with Crippen molar-refractivity contribution in [3.05, 3.63) is 17.5 Å². The monoisotopic (exact) mass is 321 g/mol. The van der Waals surface area contributed by atoms with Gasteiger partial charge in [0.2, 0.25) is 5.95 Å². The molecule has 2 N–H and O–H groups in total. The van der Waals surface area contributed by atoms with Crippen LogP contribution in [0.5, 0.6) is 0 Å². The summed E-state index contributed by atoms with van der Waals surface area (Å²) in [6, 6.07) is 0. The van der Waals surface area contributed by atoms with Crippen molar-refractivity contribution in [2.24, 2.45) is 0 Å². The van der Waals surface area contributed by atoms with E-state index in [2.05, 4.69) is 32.4 Å². The average Bonchev–Trinajstić information content (AvgIpc) is 2.49. The second-order valence-corrected chi connectivity index (χ2v) is 6.64. The summed E-state index contributed by atoms with van der Waals surface area (Å²) in [5.41, 5.74) is 1.84. The molecule has 0 fully saturated rings. The maximum absolute atomic E-state index is 11.5. The SMILES string of the molecule is CCN1CCc2nc(NCCNC(=O)OC(C)(C)C)ncc2C1. The lowest BCUT2D eigenvalue weighted by atomic mass is 10.1. The highest BCUT2D eigenvalue weighted by Gasteiger charge is 2.17. The van der Waals surface area contributed by atoms with Crippen molar-refractivity contribution in [1.82, 2.24) is 20.2 Å². The lowest BCUT2D eigenvalue weighted by Gasteiger charge is -2.26. The summed E-state index contributed by atoms with van der Waals surface area (Å²) in [7, 11) is 0. The van der Waals surface area contributed by atoms with E-state index < -0.39 is 11.7 Å². The average molecular weight is 321 g/mol. The van der Waals surface area contributed by atoms with E-state index in [9.17, 15) is 4.79 Å². The van der Waals surface area contributed by atoms with Gasteiger partial charge in [0, 0.05) is 44.4 Å². The molecule has 7 heteroatoms. The minimum absolute atomic E-state index is 0.412. The molecular weight excluding hydrogens is 294 g/mol. The Morgan fingerprint density at radius 3 is 2.87 bits per heavy atom. The molecule has 2 rings (SSSR count). The van der Waals surface area contributed by atoms with Crippen LogP contribution in [0, 0.1) is 0 Å². The number of hydrogen-bond acceptors (Lipinski definition) is 6. The highest BCUT2D eigenvalue weighted by Crippen LogP contribution is 2.17. The van der Waals surface area contributed by atoms with E-state index in [0.29, 0.717) is 19.0 Å². The van der Waals surface area contributed by atoms with Crippen LogP contribution in [0.2, 0.25) is 0 Å². The van der Waals surface area contributed by atoms with E-state index in [0.717, 1.165) is 31.7 Å². The lowest BCUT2D eigenvalue weighted by Crippen LogP contribution is -2.35. The first-order chi connectivity index (χ1) is 10.9. The Hall–Kier alpha value is -1.89. The Kier molecular flexibility index (Phi) is 5.76. The maximum Gasteiger partial charge on any atom is 0.407 e. The van der Waals surface area contributed by atoms with Crippen LogP contribution in [-0.2, 0) is 17.7 Å². The van der Waals surface area contributed by atoms with Crippen molar-refractivity contribution >= 4 is 12.0 Å². The van der Waals surface area contributed by atoms with Crippen LogP contribution in [0.4, 0.5) is 10.7 Å². The number of hydrogen-bond donors (Lipinski definition) is 2. The fourth-order valence-corrected chi connectivity index (χ4v) is 2.38. The van der Waals surface area contributed by atoms with Crippen LogP contribution >= 0.6 is 0 Å². The number of amides is 1. The van der Waals surface area contributed by atoms with Gasteiger partial charge in [0.15, 0.2) is 0 Å². The number of aromatic nitrogens is 2. The Balaban J connectivity index is 1.76. The molecule has 0 atom stereocenters. The molecule has 0 bridgehead atoms. The zero-order valence-corrected chi connectivity index (χ0v) is 14.5. The molecule has 128 valence electrons. The van der Waals surface area contributed by atoms with E-state index in [1.54, 1.807) is 0 Å². The van der Waals surface area contributed by atoms with Crippen molar-refractivity contribution in [3.8, 4) is 0 Å². The predicted molar refractivity (Wildman–Crippen MR) is 89.4 cm³/mol. The van der Waals surface area contributed by atoms with Gasteiger partial charge >= 0.3 is 6.09 Å². The molecule has 0 spiro atoms. The van der Waals surface area contributed by atoms with Gasteiger partial charge in [-0.05, 0) is 27.3 Å². The van der Waals surface area contributed by atoms with E-state index in [-0.39, 0.29) is 0 Å². The van der Waals surface area contributed by atoms with Gasteiger partial charge in [-0.3, -0.25) is 4.90 Å². The summed E-state index contributed by atoms with van der Waals surface area (Å²) in [6.45, 7) is 11.7. The molecule has 7 nitrogen and oxygen atoms in total. The summed E-state index contributed by atoms with van der Waals surface area (Å²) < 4.78 is 5.17. The van der Waals surface area contributed by atoms with Crippen LogP contribution in [-0.4, -0.2) is 52.7 Å². The molecule has 23 heavy (non-hydrogen) atoms. The largest absolute Gasteiger partial charge is 0.444 e. The number of carbonyl (C=O) groups excluding carboxylic acids is 1. The van der Waals surface area contributed by atoms with E-state index in [4.69, 9.17) is 4.74 Å². The summed E-state index contributed by atoms with van der Waals surface area (Å²) in [4.78, 5) is 22.8. The van der Waals surface area contributed by atoms with Gasteiger partial charge in [0.25, 0.3) is 0 Å². The Morgan fingerprint density at radius 1 is 1.39 bits per heavy atom. The fourth-order valence-electron chi connectivity index (χ4n) is 2.38. The topological polar surface area (TPSA) is 79.4 Å². The summed E-state index contributed by atoms with van der Waals surface area (Å²) in [5, 5.41) is 5.83. The smallest absolute Gasteiger partial charge is 0.407 e. The van der Waals surface area contributed by atoms with Gasteiger partial charge in [-0.15, -0.1) is 0 Å². The molecule has 1 aliphatic rings. The molecule has 1 aromatic rings. The number of alkyl carbamates (subject to hydrolysis) is 1. The predicted octanol–water partition coefficient (Wildman–Crippen LogP) is 1.79. The first kappa shape index (κ1) is 17.5. The fraction of sp³-hybridized carbons (Fsp3) is 0.688. The van der Waals surface area contributed by atoms with Crippen LogP contribution in [0.1, 0.15) is 39.0 Å². The minimum Gasteiger partial charge on any atom is -0.444 e. The number of carbonyl (C=O) groups is 1. The molecule has 0 saturated heterocycles. The van der Waals surface area contributed by atoms with Gasteiger partial charge in [-0.1, -0.05) is 6.92 Å². The number of ether oxygens (including phenoxy) is 1. The molecule has 0 unspecified atom stereocenters. The minimum atomic E-state index is -0.481. The van der Waals surface area contributed by atoms with Gasteiger partial charge in [-0.25, -0.2) is 14.8 Å². The molecular formula is C16H27N5O2. The molecule has 0 aromatic carbocycles. The normalized spacial score (nSPS) is 15.0. The van der Waals surface area contributed by atoms with Crippen molar-refractivity contribution in [1.29, 1.82) is 0 Å². The second-order valence-electron chi connectivity index (χ2n) is 6.64. The van der Waals surface area contributed by atoms with Crippen molar-refractivity contribution < 1.29 is 9.53 Å². The third-order valence-electron chi connectivity index (χ3n) is 3.54. The lowest BCUT2D eigenvalue weighted by molar-refractivity contribution is 0.0530. The van der Waals surface area contributed by atoms with Crippen molar-refractivity contribution in [3.63, 3.8) is 0 Å². The van der Waals surface area contributed by atoms with Gasteiger partial charge < -0.3 is 15.4 Å². The number of anilines is 1. The van der Waals surface area contributed by atoms with Crippen LogP contribution < -0.4 is 10.6 Å². The summed E-state index contributed by atoms with van der Waals surface area (Å²) in [5.74, 6) is 0.611. The molecule has 1 aromatic heterocycles. The van der Waals surface area contributed by atoms with E-state index in [1.165, 1.54) is 5.56 Å². The van der Waals surface area contributed by atoms with E-state index in [1.807, 2.05) is 27.0 Å². The first-order valence-electron chi connectivity index (χ1n) is 8.15. The molecule has 0 radical (unpaired) electrons.